The van der Waals surface area contributed by atoms with E-state index in [-0.39, 0.29) is 11.4 Å². The van der Waals surface area contributed by atoms with Crippen molar-refractivity contribution in [3.8, 4) is 11.3 Å². The summed E-state index contributed by atoms with van der Waals surface area (Å²) in [5, 5.41) is 4.08. The Morgan fingerprint density at radius 2 is 2.18 bits per heavy atom. The lowest BCUT2D eigenvalue weighted by Crippen LogP contribution is -2.00. The summed E-state index contributed by atoms with van der Waals surface area (Å²) < 4.78 is 24.3. The fourth-order valence-corrected chi connectivity index (χ4v) is 1.72. The number of rotatable bonds is 1. The van der Waals surface area contributed by atoms with Crippen molar-refractivity contribution in [2.75, 3.05) is 5.73 Å². The summed E-state index contributed by atoms with van der Waals surface area (Å²) in [6.07, 6.45) is 2.86. The SMILES string of the molecule is [2H]C([2H])([2H])c1ccccc1-c1cnc2c(N)ncnn12. The summed E-state index contributed by atoms with van der Waals surface area (Å²) in [4.78, 5) is 8.00. The van der Waals surface area contributed by atoms with Gasteiger partial charge in [-0.05, 0) is 12.4 Å². The van der Waals surface area contributed by atoms with Gasteiger partial charge in [0.15, 0.2) is 11.5 Å². The van der Waals surface area contributed by atoms with Crippen molar-refractivity contribution in [1.82, 2.24) is 19.6 Å². The van der Waals surface area contributed by atoms with E-state index in [0.717, 1.165) is 0 Å². The first kappa shape index (κ1) is 7.01. The van der Waals surface area contributed by atoms with Crippen molar-refractivity contribution in [3.63, 3.8) is 0 Å². The molecule has 84 valence electrons. The third-order valence-electron chi connectivity index (χ3n) is 2.53. The highest BCUT2D eigenvalue weighted by molar-refractivity contribution is 5.70. The van der Waals surface area contributed by atoms with Gasteiger partial charge in [-0.2, -0.15) is 5.10 Å². The normalized spacial score (nSPS) is 14.2. The molecule has 3 rings (SSSR count). The Bertz CT molecular complexity index is 778. The molecule has 1 aromatic carbocycles. The molecule has 17 heavy (non-hydrogen) atoms. The summed E-state index contributed by atoms with van der Waals surface area (Å²) in [5.41, 5.74) is 7.50. The average Bonchev–Trinajstić information content (AvgIpc) is 2.83. The number of fused-ring (bicyclic) bond motifs is 1. The molecule has 0 aliphatic rings. The molecule has 2 heterocycles. The summed E-state index contributed by atoms with van der Waals surface area (Å²) >= 11 is 0. The highest BCUT2D eigenvalue weighted by Gasteiger charge is 2.10. The van der Waals surface area contributed by atoms with Crippen LogP contribution in [-0.2, 0) is 0 Å². The van der Waals surface area contributed by atoms with Gasteiger partial charge in [-0.25, -0.2) is 14.5 Å². The van der Waals surface area contributed by atoms with Crippen molar-refractivity contribution in [2.24, 2.45) is 0 Å². The maximum atomic E-state index is 7.61. The monoisotopic (exact) mass is 228 g/mol. The van der Waals surface area contributed by atoms with E-state index >= 15 is 0 Å². The van der Waals surface area contributed by atoms with E-state index in [1.807, 2.05) is 0 Å². The van der Waals surface area contributed by atoms with Crippen LogP contribution in [-0.4, -0.2) is 19.6 Å². The number of nitrogens with zero attached hydrogens (tertiary/aromatic N) is 4. The van der Waals surface area contributed by atoms with Crippen LogP contribution in [0.2, 0.25) is 0 Å². The van der Waals surface area contributed by atoms with Gasteiger partial charge < -0.3 is 5.73 Å². The van der Waals surface area contributed by atoms with Crippen LogP contribution in [0.1, 0.15) is 9.68 Å². The Balaban J connectivity index is 2.30. The molecule has 3 aromatic rings. The molecule has 5 nitrogen and oxygen atoms in total. The van der Waals surface area contributed by atoms with Gasteiger partial charge in [0.05, 0.1) is 11.9 Å². The predicted octanol–water partition coefficient (Wildman–Crippen LogP) is 1.68. The van der Waals surface area contributed by atoms with Gasteiger partial charge in [0.2, 0.25) is 0 Å². The van der Waals surface area contributed by atoms with E-state index in [0.29, 0.717) is 16.9 Å². The van der Waals surface area contributed by atoms with E-state index in [1.165, 1.54) is 10.8 Å². The first-order chi connectivity index (χ1) is 9.48. The summed E-state index contributed by atoms with van der Waals surface area (Å²) in [6, 6.07) is 6.77. The molecular formula is C12H11N5. The molecule has 0 saturated heterocycles. The van der Waals surface area contributed by atoms with Crippen LogP contribution in [0.15, 0.2) is 36.8 Å². The number of benzene rings is 1. The Morgan fingerprint density at radius 3 is 3.06 bits per heavy atom. The minimum Gasteiger partial charge on any atom is -0.381 e. The Labute approximate surface area is 102 Å². The first-order valence-electron chi connectivity index (χ1n) is 6.52. The Morgan fingerprint density at radius 1 is 1.29 bits per heavy atom. The zero-order valence-electron chi connectivity index (χ0n) is 11.8. The zero-order valence-corrected chi connectivity index (χ0v) is 8.83. The number of aromatic nitrogens is 4. The molecule has 0 spiro atoms. The van der Waals surface area contributed by atoms with Crippen LogP contribution in [0.5, 0.6) is 0 Å². The molecule has 0 saturated carbocycles. The van der Waals surface area contributed by atoms with Gasteiger partial charge >= 0.3 is 0 Å². The lowest BCUT2D eigenvalue weighted by atomic mass is 10.1. The molecular weight excluding hydrogens is 214 g/mol. The predicted molar refractivity (Wildman–Crippen MR) is 65.4 cm³/mol. The number of nitrogen functional groups attached to an aromatic ring is 1. The van der Waals surface area contributed by atoms with Gasteiger partial charge in [-0.1, -0.05) is 24.3 Å². The van der Waals surface area contributed by atoms with Crippen LogP contribution in [0.3, 0.4) is 0 Å². The van der Waals surface area contributed by atoms with Crippen molar-refractivity contribution in [1.29, 1.82) is 0 Å². The minimum atomic E-state index is -2.21. The van der Waals surface area contributed by atoms with E-state index < -0.39 is 6.85 Å². The molecule has 0 atom stereocenters. The Kier molecular flexibility index (Phi) is 1.46. The van der Waals surface area contributed by atoms with Crippen LogP contribution in [0, 0.1) is 6.85 Å². The second-order valence-electron chi connectivity index (χ2n) is 3.57. The number of hydrogen-bond acceptors (Lipinski definition) is 4. The molecule has 0 amide bonds. The topological polar surface area (TPSA) is 69.1 Å². The van der Waals surface area contributed by atoms with E-state index in [1.54, 1.807) is 30.5 Å². The first-order valence-corrected chi connectivity index (χ1v) is 5.02. The number of imidazole rings is 1. The van der Waals surface area contributed by atoms with Gasteiger partial charge in [-0.3, -0.25) is 0 Å². The number of hydrogen-bond donors (Lipinski definition) is 1. The van der Waals surface area contributed by atoms with Crippen LogP contribution >= 0.6 is 0 Å². The summed E-state index contributed by atoms with van der Waals surface area (Å²) in [7, 11) is 0. The standard InChI is InChI=1S/C12H11N5/c1-8-4-2-3-5-9(8)10-6-14-12-11(13)15-7-16-17(10)12/h2-7H,1H3,(H2,13,15,16)/i1D3. The molecule has 5 heteroatoms. The third-order valence-corrected chi connectivity index (χ3v) is 2.53. The molecule has 0 aliphatic heterocycles. The maximum absolute atomic E-state index is 7.61. The van der Waals surface area contributed by atoms with Crippen molar-refractivity contribution in [3.05, 3.63) is 42.4 Å². The Hall–Kier alpha value is -2.43. The fourth-order valence-electron chi connectivity index (χ4n) is 1.72. The van der Waals surface area contributed by atoms with Gasteiger partial charge in [0, 0.05) is 9.68 Å². The van der Waals surface area contributed by atoms with Crippen LogP contribution in [0.25, 0.3) is 16.9 Å². The van der Waals surface area contributed by atoms with E-state index in [2.05, 4.69) is 15.1 Å². The molecule has 0 bridgehead atoms. The maximum Gasteiger partial charge on any atom is 0.197 e. The lowest BCUT2D eigenvalue weighted by molar-refractivity contribution is 0.907. The number of aryl methyl sites for hydroxylation is 1. The highest BCUT2D eigenvalue weighted by Crippen LogP contribution is 2.24. The van der Waals surface area contributed by atoms with Crippen molar-refractivity contribution < 1.29 is 4.11 Å². The molecule has 0 fully saturated rings. The van der Waals surface area contributed by atoms with E-state index in [9.17, 15) is 0 Å². The zero-order chi connectivity index (χ0) is 14.3. The second-order valence-corrected chi connectivity index (χ2v) is 3.57. The van der Waals surface area contributed by atoms with E-state index in [4.69, 9.17) is 9.85 Å². The lowest BCUT2D eigenvalue weighted by Gasteiger charge is -2.04. The molecule has 2 aromatic heterocycles. The molecule has 0 aliphatic carbocycles. The molecule has 0 unspecified atom stereocenters. The van der Waals surface area contributed by atoms with Gasteiger partial charge in [0.1, 0.15) is 6.33 Å². The third kappa shape index (κ3) is 1.44. The van der Waals surface area contributed by atoms with Gasteiger partial charge in [0.25, 0.3) is 0 Å². The summed E-state index contributed by atoms with van der Waals surface area (Å²) in [6.45, 7) is -2.21. The quantitative estimate of drug-likeness (QED) is 0.688. The smallest absolute Gasteiger partial charge is 0.197 e. The summed E-state index contributed by atoms with van der Waals surface area (Å²) in [5.74, 6) is 0.248. The largest absolute Gasteiger partial charge is 0.381 e. The van der Waals surface area contributed by atoms with Crippen LogP contribution in [0.4, 0.5) is 5.82 Å². The van der Waals surface area contributed by atoms with Crippen LogP contribution < -0.4 is 5.73 Å². The fraction of sp³-hybridized carbons (Fsp3) is 0.0833. The number of anilines is 1. The van der Waals surface area contributed by atoms with Gasteiger partial charge in [-0.15, -0.1) is 0 Å². The second kappa shape index (κ2) is 3.55. The average molecular weight is 228 g/mol. The minimum absolute atomic E-state index is 0.248. The van der Waals surface area contributed by atoms with Crippen molar-refractivity contribution in [2.45, 2.75) is 6.85 Å². The van der Waals surface area contributed by atoms with Crippen molar-refractivity contribution >= 4 is 11.5 Å². The molecule has 2 N–H and O–H groups in total. The molecule has 0 radical (unpaired) electrons. The highest BCUT2D eigenvalue weighted by atomic mass is 15.3. The number of nitrogens with two attached hydrogens (primary N) is 1.